The second-order valence-corrected chi connectivity index (χ2v) is 5.53. The molecule has 0 saturated heterocycles. The molecule has 0 fully saturated rings. The van der Waals surface area contributed by atoms with Crippen molar-refractivity contribution >= 4 is 33.2 Å². The lowest BCUT2D eigenvalue weighted by molar-refractivity contribution is 1.14. The molecule has 0 aliphatic heterocycles. The zero-order valence-corrected chi connectivity index (χ0v) is 10.4. The third-order valence-electron chi connectivity index (χ3n) is 2.39. The molecule has 0 radical (unpaired) electrons. The molecule has 1 heterocycles. The largest absolute Gasteiger partial charge is 0.139 e. The highest BCUT2D eigenvalue weighted by Gasteiger charge is 2.05. The van der Waals surface area contributed by atoms with Crippen molar-refractivity contribution in [1.82, 2.24) is 0 Å². The Morgan fingerprint density at radius 2 is 2.07 bits per heavy atom. The zero-order chi connectivity index (χ0) is 10.1. The minimum atomic E-state index is 1.12. The van der Waals surface area contributed by atoms with Gasteiger partial charge in [-0.3, -0.25) is 0 Å². The van der Waals surface area contributed by atoms with Gasteiger partial charge in [0.05, 0.1) is 0 Å². The van der Waals surface area contributed by atoms with E-state index in [-0.39, 0.29) is 0 Å². The average Bonchev–Trinajstić information content (AvgIpc) is 2.56. The van der Waals surface area contributed by atoms with E-state index in [0.29, 0.717) is 0 Å². The van der Waals surface area contributed by atoms with Gasteiger partial charge in [0, 0.05) is 14.5 Å². The highest BCUT2D eigenvalue weighted by molar-refractivity contribution is 7.99. The maximum absolute atomic E-state index is 2.32. The molecule has 2 rings (SSSR count). The summed E-state index contributed by atoms with van der Waals surface area (Å²) in [5.74, 6) is 0. The summed E-state index contributed by atoms with van der Waals surface area (Å²) in [6.45, 7) is 4.39. The van der Waals surface area contributed by atoms with Crippen LogP contribution in [0.25, 0.3) is 10.1 Å². The first-order valence-corrected chi connectivity index (χ1v) is 6.85. The molecule has 0 amide bonds. The first kappa shape index (κ1) is 10.1. The number of fused-ring (bicyclic) bond motifs is 1. The van der Waals surface area contributed by atoms with Crippen LogP contribution in [0.3, 0.4) is 0 Å². The van der Waals surface area contributed by atoms with E-state index in [4.69, 9.17) is 0 Å². The summed E-state index contributed by atoms with van der Waals surface area (Å²) in [6, 6.07) is 6.93. The summed E-state index contributed by atoms with van der Waals surface area (Å²) in [5, 5.41) is 1.41. The molecule has 0 N–H and O–H groups in total. The average molecular weight is 222 g/mol. The lowest BCUT2D eigenvalue weighted by atomic mass is 10.1. The van der Waals surface area contributed by atoms with Gasteiger partial charge in [0.1, 0.15) is 0 Å². The second-order valence-electron chi connectivity index (χ2n) is 3.43. The number of hydrogen-bond donors (Lipinski definition) is 0. The van der Waals surface area contributed by atoms with Gasteiger partial charge < -0.3 is 0 Å². The van der Waals surface area contributed by atoms with Gasteiger partial charge in [-0.05, 0) is 42.7 Å². The molecular formula is C12H14S2. The van der Waals surface area contributed by atoms with Crippen molar-refractivity contribution in [3.8, 4) is 0 Å². The van der Waals surface area contributed by atoms with Crippen LogP contribution in [0, 0.1) is 6.92 Å². The number of hydrogen-bond acceptors (Lipinski definition) is 2. The Hall–Kier alpha value is -0.470. The highest BCUT2D eigenvalue weighted by Crippen LogP contribution is 2.34. The van der Waals surface area contributed by atoms with Crippen LogP contribution in [0.2, 0.25) is 0 Å². The molecular weight excluding hydrogens is 208 g/mol. The fourth-order valence-corrected chi connectivity index (χ4v) is 3.52. The van der Waals surface area contributed by atoms with E-state index in [0.717, 1.165) is 6.42 Å². The minimum absolute atomic E-state index is 1.12. The molecule has 0 aliphatic carbocycles. The van der Waals surface area contributed by atoms with E-state index in [1.807, 2.05) is 23.1 Å². The molecule has 1 aromatic heterocycles. The van der Waals surface area contributed by atoms with Crippen LogP contribution in [0.5, 0.6) is 0 Å². The molecule has 0 nitrogen and oxygen atoms in total. The third-order valence-corrected chi connectivity index (χ3v) is 4.38. The normalized spacial score (nSPS) is 11.1. The van der Waals surface area contributed by atoms with E-state index < -0.39 is 0 Å². The summed E-state index contributed by atoms with van der Waals surface area (Å²) in [7, 11) is 0. The highest BCUT2D eigenvalue weighted by atomic mass is 32.2. The van der Waals surface area contributed by atoms with Gasteiger partial charge in [0.2, 0.25) is 0 Å². The van der Waals surface area contributed by atoms with Crippen molar-refractivity contribution in [3.63, 3.8) is 0 Å². The Morgan fingerprint density at radius 1 is 1.29 bits per heavy atom. The first-order valence-electron chi connectivity index (χ1n) is 4.81. The topological polar surface area (TPSA) is 0 Å². The van der Waals surface area contributed by atoms with Crippen molar-refractivity contribution in [1.29, 1.82) is 0 Å². The SMILES string of the molecule is CCc1cc(SC)c2sc(C)cc2c1. The summed E-state index contributed by atoms with van der Waals surface area (Å²) >= 11 is 3.75. The predicted octanol–water partition coefficient (Wildman–Crippen LogP) is 4.49. The van der Waals surface area contributed by atoms with E-state index in [2.05, 4.69) is 38.3 Å². The smallest absolute Gasteiger partial charge is 0.0481 e. The Bertz CT molecular complexity index is 455. The van der Waals surface area contributed by atoms with Crippen molar-refractivity contribution in [2.24, 2.45) is 0 Å². The van der Waals surface area contributed by atoms with Crippen LogP contribution in [0.15, 0.2) is 23.1 Å². The summed E-state index contributed by atoms with van der Waals surface area (Å²) in [4.78, 5) is 2.83. The van der Waals surface area contributed by atoms with Crippen LogP contribution in [0.4, 0.5) is 0 Å². The molecule has 0 spiro atoms. The Kier molecular flexibility index (Phi) is 2.84. The van der Waals surface area contributed by atoms with E-state index >= 15 is 0 Å². The standard InChI is InChI=1S/C12H14S2/c1-4-9-6-10-5-8(2)14-12(10)11(7-9)13-3/h5-7H,4H2,1-3H3. The second kappa shape index (κ2) is 3.95. The van der Waals surface area contributed by atoms with Gasteiger partial charge >= 0.3 is 0 Å². The van der Waals surface area contributed by atoms with Gasteiger partial charge in [0.15, 0.2) is 0 Å². The quantitative estimate of drug-likeness (QED) is 0.674. The van der Waals surface area contributed by atoms with Gasteiger partial charge in [0.25, 0.3) is 0 Å². The van der Waals surface area contributed by atoms with Crippen molar-refractivity contribution in [3.05, 3.63) is 28.6 Å². The van der Waals surface area contributed by atoms with Gasteiger partial charge in [-0.2, -0.15) is 0 Å². The van der Waals surface area contributed by atoms with E-state index in [9.17, 15) is 0 Å². The molecule has 0 unspecified atom stereocenters. The zero-order valence-electron chi connectivity index (χ0n) is 8.76. The van der Waals surface area contributed by atoms with Crippen molar-refractivity contribution in [2.45, 2.75) is 25.2 Å². The van der Waals surface area contributed by atoms with Crippen LogP contribution < -0.4 is 0 Å². The van der Waals surface area contributed by atoms with Crippen LogP contribution >= 0.6 is 23.1 Å². The maximum Gasteiger partial charge on any atom is 0.0481 e. The summed E-state index contributed by atoms with van der Waals surface area (Å²) in [6.07, 6.45) is 3.28. The van der Waals surface area contributed by atoms with Crippen LogP contribution in [-0.4, -0.2) is 6.26 Å². The number of benzene rings is 1. The third kappa shape index (κ3) is 1.69. The molecule has 14 heavy (non-hydrogen) atoms. The van der Waals surface area contributed by atoms with Gasteiger partial charge in [-0.1, -0.05) is 13.0 Å². The lowest BCUT2D eigenvalue weighted by Gasteiger charge is -2.02. The number of rotatable bonds is 2. The molecule has 0 aliphatic rings. The minimum Gasteiger partial charge on any atom is -0.139 e. The fraction of sp³-hybridized carbons (Fsp3) is 0.333. The fourth-order valence-electron chi connectivity index (χ4n) is 1.66. The monoisotopic (exact) mass is 222 g/mol. The Balaban J connectivity index is 2.72. The molecule has 2 aromatic rings. The number of thioether (sulfide) groups is 1. The van der Waals surface area contributed by atoms with Crippen molar-refractivity contribution < 1.29 is 0 Å². The molecule has 2 heteroatoms. The van der Waals surface area contributed by atoms with Gasteiger partial charge in [-0.15, -0.1) is 23.1 Å². The molecule has 74 valence electrons. The first-order chi connectivity index (χ1) is 6.74. The Labute approximate surface area is 93.3 Å². The van der Waals surface area contributed by atoms with Crippen LogP contribution in [-0.2, 0) is 6.42 Å². The van der Waals surface area contributed by atoms with E-state index in [1.165, 1.54) is 25.4 Å². The molecule has 1 aromatic carbocycles. The Morgan fingerprint density at radius 3 is 2.71 bits per heavy atom. The molecule has 0 bridgehead atoms. The number of aryl methyl sites for hydroxylation is 2. The predicted molar refractivity (Wildman–Crippen MR) is 67.7 cm³/mol. The summed E-state index contributed by atoms with van der Waals surface area (Å²) in [5.41, 5.74) is 1.44. The van der Waals surface area contributed by atoms with Crippen LogP contribution in [0.1, 0.15) is 17.4 Å². The number of thiophene rings is 1. The van der Waals surface area contributed by atoms with E-state index in [1.54, 1.807) is 0 Å². The molecule has 0 atom stereocenters. The lowest BCUT2D eigenvalue weighted by Crippen LogP contribution is -1.80. The van der Waals surface area contributed by atoms with Gasteiger partial charge in [-0.25, -0.2) is 0 Å². The summed E-state index contributed by atoms with van der Waals surface area (Å²) < 4.78 is 1.45. The van der Waals surface area contributed by atoms with Crippen molar-refractivity contribution in [2.75, 3.05) is 6.26 Å². The maximum atomic E-state index is 2.32. The molecule has 0 saturated carbocycles.